The maximum Gasteiger partial charge on any atom is 0.417 e. The van der Waals surface area contributed by atoms with E-state index in [1.807, 2.05) is 32.0 Å². The van der Waals surface area contributed by atoms with Gasteiger partial charge < -0.3 is 10.6 Å². The Hall–Kier alpha value is -2.21. The van der Waals surface area contributed by atoms with Gasteiger partial charge in [-0.25, -0.2) is 0 Å². The van der Waals surface area contributed by atoms with Gasteiger partial charge in [0.25, 0.3) is 0 Å². The summed E-state index contributed by atoms with van der Waals surface area (Å²) in [5.41, 5.74) is 1.88. The Kier molecular flexibility index (Phi) is 5.39. The fraction of sp³-hybridized carbons (Fsp3) is 0.235. The van der Waals surface area contributed by atoms with Crippen LogP contribution in [-0.2, 0) is 11.0 Å². The van der Waals surface area contributed by atoms with Crippen LogP contribution in [0.15, 0.2) is 36.4 Å². The summed E-state index contributed by atoms with van der Waals surface area (Å²) in [6, 6.07) is 9.02. The third kappa shape index (κ3) is 4.89. The summed E-state index contributed by atoms with van der Waals surface area (Å²) in [6.07, 6.45) is -4.55. The number of carbonyl (C=O) groups excluding carboxylic acids is 1. The van der Waals surface area contributed by atoms with Crippen LogP contribution in [0.4, 0.5) is 24.5 Å². The molecule has 0 fully saturated rings. The number of amides is 1. The number of hydrogen-bond acceptors (Lipinski definition) is 2. The summed E-state index contributed by atoms with van der Waals surface area (Å²) in [4.78, 5) is 11.9. The lowest BCUT2D eigenvalue weighted by molar-refractivity contribution is -0.137. The minimum absolute atomic E-state index is 0.161. The lowest BCUT2D eigenvalue weighted by atomic mass is 10.1. The first-order valence-corrected chi connectivity index (χ1v) is 7.52. The number of alkyl halides is 3. The highest BCUT2D eigenvalue weighted by Crippen LogP contribution is 2.36. The molecule has 7 heteroatoms. The van der Waals surface area contributed by atoms with Gasteiger partial charge in [-0.2, -0.15) is 13.2 Å². The third-order valence-electron chi connectivity index (χ3n) is 3.23. The molecule has 2 N–H and O–H groups in total. The minimum atomic E-state index is -4.55. The molecule has 0 spiro atoms. The predicted molar refractivity (Wildman–Crippen MR) is 89.5 cm³/mol. The van der Waals surface area contributed by atoms with E-state index in [9.17, 15) is 18.0 Å². The SMILES string of the molecule is Cc1cc(C)cc(NC(=O)CNc2ccc(Cl)c(C(F)(F)F)c2)c1. The van der Waals surface area contributed by atoms with Gasteiger partial charge in [-0.05, 0) is 55.3 Å². The molecule has 0 heterocycles. The monoisotopic (exact) mass is 356 g/mol. The van der Waals surface area contributed by atoms with E-state index in [4.69, 9.17) is 11.6 Å². The Morgan fingerprint density at radius 3 is 2.25 bits per heavy atom. The number of benzene rings is 2. The summed E-state index contributed by atoms with van der Waals surface area (Å²) in [7, 11) is 0. The molecule has 24 heavy (non-hydrogen) atoms. The van der Waals surface area contributed by atoms with Gasteiger partial charge >= 0.3 is 6.18 Å². The fourth-order valence-corrected chi connectivity index (χ4v) is 2.51. The van der Waals surface area contributed by atoms with E-state index in [1.165, 1.54) is 6.07 Å². The molecule has 0 aliphatic carbocycles. The average molecular weight is 357 g/mol. The Bertz CT molecular complexity index is 740. The van der Waals surface area contributed by atoms with E-state index in [0.29, 0.717) is 5.69 Å². The average Bonchev–Trinajstić information content (AvgIpc) is 2.44. The largest absolute Gasteiger partial charge is 0.417 e. The van der Waals surface area contributed by atoms with Crippen LogP contribution in [-0.4, -0.2) is 12.5 Å². The summed E-state index contributed by atoms with van der Waals surface area (Å²) in [5, 5.41) is 4.98. The molecule has 2 rings (SSSR count). The van der Waals surface area contributed by atoms with Crippen molar-refractivity contribution in [1.82, 2.24) is 0 Å². The molecular weight excluding hydrogens is 341 g/mol. The van der Waals surface area contributed by atoms with Crippen LogP contribution in [0.2, 0.25) is 5.02 Å². The molecule has 3 nitrogen and oxygen atoms in total. The molecule has 1 amide bonds. The van der Waals surface area contributed by atoms with Crippen molar-refractivity contribution in [2.24, 2.45) is 0 Å². The maximum atomic E-state index is 12.8. The number of nitrogens with one attached hydrogen (secondary N) is 2. The van der Waals surface area contributed by atoms with E-state index >= 15 is 0 Å². The van der Waals surface area contributed by atoms with Crippen LogP contribution in [0.5, 0.6) is 0 Å². The van der Waals surface area contributed by atoms with Gasteiger partial charge in [0.1, 0.15) is 0 Å². The van der Waals surface area contributed by atoms with Crippen molar-refractivity contribution in [1.29, 1.82) is 0 Å². The number of aryl methyl sites for hydroxylation is 2. The van der Waals surface area contributed by atoms with Crippen LogP contribution in [0.1, 0.15) is 16.7 Å². The van der Waals surface area contributed by atoms with E-state index in [-0.39, 0.29) is 23.2 Å². The zero-order chi connectivity index (χ0) is 17.9. The third-order valence-corrected chi connectivity index (χ3v) is 3.56. The van der Waals surface area contributed by atoms with Crippen molar-refractivity contribution < 1.29 is 18.0 Å². The van der Waals surface area contributed by atoms with Crippen LogP contribution in [0, 0.1) is 13.8 Å². The fourth-order valence-electron chi connectivity index (χ4n) is 2.29. The first-order chi connectivity index (χ1) is 11.1. The topological polar surface area (TPSA) is 41.1 Å². The molecule has 0 bridgehead atoms. The second kappa shape index (κ2) is 7.13. The summed E-state index contributed by atoms with van der Waals surface area (Å²) >= 11 is 5.55. The van der Waals surface area contributed by atoms with E-state index in [2.05, 4.69) is 10.6 Å². The van der Waals surface area contributed by atoms with E-state index < -0.39 is 11.7 Å². The highest BCUT2D eigenvalue weighted by molar-refractivity contribution is 6.31. The second-order valence-electron chi connectivity index (χ2n) is 5.47. The van der Waals surface area contributed by atoms with Crippen molar-refractivity contribution in [2.75, 3.05) is 17.2 Å². The van der Waals surface area contributed by atoms with Gasteiger partial charge in [0.05, 0.1) is 17.1 Å². The normalized spacial score (nSPS) is 11.2. The first kappa shape index (κ1) is 18.1. The molecule has 0 saturated carbocycles. The molecular formula is C17H16ClF3N2O. The number of hydrogen-bond donors (Lipinski definition) is 2. The molecule has 0 radical (unpaired) electrons. The Morgan fingerprint density at radius 2 is 1.67 bits per heavy atom. The van der Waals surface area contributed by atoms with Crippen LogP contribution < -0.4 is 10.6 Å². The molecule has 0 aromatic heterocycles. The highest BCUT2D eigenvalue weighted by atomic mass is 35.5. The van der Waals surface area contributed by atoms with Crippen molar-refractivity contribution in [3.8, 4) is 0 Å². The van der Waals surface area contributed by atoms with Gasteiger partial charge in [0.15, 0.2) is 0 Å². The number of carbonyl (C=O) groups is 1. The van der Waals surface area contributed by atoms with Crippen molar-refractivity contribution in [3.63, 3.8) is 0 Å². The summed E-state index contributed by atoms with van der Waals surface area (Å²) in [5.74, 6) is -0.358. The molecule has 0 unspecified atom stereocenters. The number of anilines is 2. The zero-order valence-electron chi connectivity index (χ0n) is 13.1. The minimum Gasteiger partial charge on any atom is -0.376 e. The molecule has 0 aliphatic heterocycles. The Morgan fingerprint density at radius 1 is 1.04 bits per heavy atom. The first-order valence-electron chi connectivity index (χ1n) is 7.14. The van der Waals surface area contributed by atoms with Gasteiger partial charge in [-0.15, -0.1) is 0 Å². The van der Waals surface area contributed by atoms with Crippen molar-refractivity contribution in [3.05, 3.63) is 58.1 Å². The Balaban J connectivity index is 2.01. The molecule has 2 aromatic rings. The van der Waals surface area contributed by atoms with Crippen LogP contribution >= 0.6 is 11.6 Å². The van der Waals surface area contributed by atoms with Gasteiger partial charge in [-0.1, -0.05) is 17.7 Å². The van der Waals surface area contributed by atoms with Gasteiger partial charge in [0, 0.05) is 11.4 Å². The molecule has 0 atom stereocenters. The van der Waals surface area contributed by atoms with Crippen LogP contribution in [0.3, 0.4) is 0 Å². The number of halogens is 4. The summed E-state index contributed by atoms with van der Waals surface area (Å²) < 4.78 is 38.4. The van der Waals surface area contributed by atoms with Crippen molar-refractivity contribution >= 4 is 28.9 Å². The standard InChI is InChI=1S/C17H16ClF3N2O/c1-10-5-11(2)7-13(6-10)23-16(24)9-22-12-3-4-15(18)14(8-12)17(19,20)21/h3-8,22H,9H2,1-2H3,(H,23,24). The van der Waals surface area contributed by atoms with E-state index in [1.54, 1.807) is 0 Å². The van der Waals surface area contributed by atoms with Gasteiger partial charge in [0.2, 0.25) is 5.91 Å². The number of rotatable bonds is 4. The quantitative estimate of drug-likeness (QED) is 0.807. The molecule has 0 aliphatic rings. The zero-order valence-corrected chi connectivity index (χ0v) is 13.8. The van der Waals surface area contributed by atoms with Crippen molar-refractivity contribution in [2.45, 2.75) is 20.0 Å². The predicted octanol–water partition coefficient (Wildman–Crippen LogP) is 5.03. The smallest absolute Gasteiger partial charge is 0.376 e. The molecule has 0 saturated heterocycles. The second-order valence-corrected chi connectivity index (χ2v) is 5.88. The highest BCUT2D eigenvalue weighted by Gasteiger charge is 2.33. The molecule has 2 aromatic carbocycles. The van der Waals surface area contributed by atoms with Crippen LogP contribution in [0.25, 0.3) is 0 Å². The maximum absolute atomic E-state index is 12.8. The van der Waals surface area contributed by atoms with Gasteiger partial charge in [-0.3, -0.25) is 4.79 Å². The molecule has 128 valence electrons. The summed E-state index contributed by atoms with van der Waals surface area (Å²) in [6.45, 7) is 3.66. The Labute approximate surface area is 142 Å². The lowest BCUT2D eigenvalue weighted by Crippen LogP contribution is -2.22. The lowest BCUT2D eigenvalue weighted by Gasteiger charge is -2.13. The van der Waals surface area contributed by atoms with E-state index in [0.717, 1.165) is 23.3 Å².